The Balaban J connectivity index is 2.52. The summed E-state index contributed by atoms with van der Waals surface area (Å²) in [6.45, 7) is 3.25. The van der Waals surface area contributed by atoms with Crippen LogP contribution in [-0.4, -0.2) is 55.0 Å². The molecule has 0 unspecified atom stereocenters. The van der Waals surface area contributed by atoms with E-state index in [1.165, 1.54) is 18.3 Å². The van der Waals surface area contributed by atoms with E-state index in [1.807, 2.05) is 0 Å². The lowest BCUT2D eigenvalue weighted by molar-refractivity contribution is -0.142. The predicted molar refractivity (Wildman–Crippen MR) is 82.2 cm³/mol. The topological polar surface area (TPSA) is 124 Å². The van der Waals surface area contributed by atoms with Gasteiger partial charge in [0.2, 0.25) is 0 Å². The predicted octanol–water partition coefficient (Wildman–Crippen LogP) is -0.333. The maximum Gasteiger partial charge on any atom is 0.325 e. The van der Waals surface area contributed by atoms with Crippen molar-refractivity contribution >= 4 is 23.8 Å². The zero-order chi connectivity index (χ0) is 17.9. The van der Waals surface area contributed by atoms with Crippen molar-refractivity contribution in [1.29, 1.82) is 0 Å². The highest BCUT2D eigenvalue weighted by molar-refractivity contribution is 5.97. The summed E-state index contributed by atoms with van der Waals surface area (Å²) >= 11 is 0. The summed E-state index contributed by atoms with van der Waals surface area (Å²) < 4.78 is 9.36. The van der Waals surface area contributed by atoms with Crippen LogP contribution in [0.3, 0.4) is 0 Å². The first kappa shape index (κ1) is 19.1. The summed E-state index contributed by atoms with van der Waals surface area (Å²) in [7, 11) is 0. The van der Waals surface area contributed by atoms with Crippen molar-refractivity contribution in [1.82, 2.24) is 15.6 Å². The molecule has 1 aromatic heterocycles. The molecule has 0 saturated heterocycles. The highest BCUT2D eigenvalue weighted by Gasteiger charge is 2.12. The number of hydrogen-bond acceptors (Lipinski definition) is 7. The second-order valence-corrected chi connectivity index (χ2v) is 4.41. The number of carbonyl (C=O) groups is 4. The van der Waals surface area contributed by atoms with Crippen molar-refractivity contribution in [3.63, 3.8) is 0 Å². The van der Waals surface area contributed by atoms with Gasteiger partial charge < -0.3 is 20.1 Å². The van der Waals surface area contributed by atoms with Crippen molar-refractivity contribution in [2.75, 3.05) is 26.3 Å². The van der Waals surface area contributed by atoms with Crippen molar-refractivity contribution in [3.8, 4) is 0 Å². The third kappa shape index (κ3) is 6.42. The summed E-state index contributed by atoms with van der Waals surface area (Å²) in [5, 5.41) is 4.72. The molecule has 1 rings (SSSR count). The Morgan fingerprint density at radius 2 is 1.46 bits per heavy atom. The van der Waals surface area contributed by atoms with E-state index >= 15 is 0 Å². The fourth-order valence-corrected chi connectivity index (χ4v) is 1.58. The van der Waals surface area contributed by atoms with Crippen molar-refractivity contribution in [2.24, 2.45) is 0 Å². The number of amides is 2. The van der Waals surface area contributed by atoms with Crippen molar-refractivity contribution in [2.45, 2.75) is 13.8 Å². The standard InChI is InChI=1S/C15H19N3O6/c1-3-23-12(19)8-17-14(21)10-5-6-11(16-7-10)15(22)18-9-13(20)24-4-2/h5-7H,3-4,8-9H2,1-2H3,(H,17,21)(H,18,22). The van der Waals surface area contributed by atoms with Crippen LogP contribution in [0.2, 0.25) is 0 Å². The molecule has 2 amide bonds. The number of esters is 2. The second kappa shape index (κ2) is 9.93. The maximum atomic E-state index is 11.8. The van der Waals surface area contributed by atoms with Gasteiger partial charge in [-0.05, 0) is 26.0 Å². The molecule has 0 aliphatic rings. The minimum Gasteiger partial charge on any atom is -0.465 e. The van der Waals surface area contributed by atoms with E-state index in [0.29, 0.717) is 0 Å². The smallest absolute Gasteiger partial charge is 0.325 e. The molecule has 0 atom stereocenters. The Morgan fingerprint density at radius 3 is 1.92 bits per heavy atom. The molecular weight excluding hydrogens is 318 g/mol. The first-order valence-electron chi connectivity index (χ1n) is 7.31. The van der Waals surface area contributed by atoms with Crippen LogP contribution in [0, 0.1) is 0 Å². The van der Waals surface area contributed by atoms with Crippen LogP contribution < -0.4 is 10.6 Å². The van der Waals surface area contributed by atoms with Gasteiger partial charge in [0.1, 0.15) is 18.8 Å². The number of hydrogen-bond donors (Lipinski definition) is 2. The van der Waals surface area contributed by atoms with Gasteiger partial charge >= 0.3 is 11.9 Å². The Labute approximate surface area is 138 Å². The van der Waals surface area contributed by atoms with Crippen LogP contribution in [0.5, 0.6) is 0 Å². The van der Waals surface area contributed by atoms with Crippen LogP contribution in [-0.2, 0) is 19.1 Å². The molecule has 9 nitrogen and oxygen atoms in total. The highest BCUT2D eigenvalue weighted by atomic mass is 16.5. The summed E-state index contributed by atoms with van der Waals surface area (Å²) in [4.78, 5) is 49.7. The fraction of sp³-hybridized carbons (Fsp3) is 0.400. The first-order chi connectivity index (χ1) is 11.5. The maximum absolute atomic E-state index is 11.8. The molecule has 2 N–H and O–H groups in total. The zero-order valence-corrected chi connectivity index (χ0v) is 13.5. The van der Waals surface area contributed by atoms with Crippen LogP contribution in [0.15, 0.2) is 18.3 Å². The van der Waals surface area contributed by atoms with Crippen LogP contribution in [0.25, 0.3) is 0 Å². The van der Waals surface area contributed by atoms with Gasteiger partial charge in [-0.15, -0.1) is 0 Å². The summed E-state index contributed by atoms with van der Waals surface area (Å²) in [5.74, 6) is -2.19. The SMILES string of the molecule is CCOC(=O)CNC(=O)c1ccc(C(=O)NCC(=O)OCC)nc1. The van der Waals surface area contributed by atoms with Gasteiger partial charge in [-0.25, -0.2) is 0 Å². The molecule has 130 valence electrons. The van der Waals surface area contributed by atoms with Gasteiger partial charge in [-0.3, -0.25) is 24.2 Å². The lowest BCUT2D eigenvalue weighted by atomic mass is 10.2. The number of carbonyl (C=O) groups excluding carboxylic acids is 4. The summed E-state index contributed by atoms with van der Waals surface area (Å²) in [5.41, 5.74) is 0.225. The van der Waals surface area contributed by atoms with E-state index in [1.54, 1.807) is 13.8 Å². The van der Waals surface area contributed by atoms with E-state index in [4.69, 9.17) is 0 Å². The molecule has 24 heavy (non-hydrogen) atoms. The average molecular weight is 337 g/mol. The Kier molecular flexibility index (Phi) is 7.89. The molecule has 1 aromatic rings. The molecule has 9 heteroatoms. The van der Waals surface area contributed by atoms with Gasteiger partial charge in [-0.2, -0.15) is 0 Å². The largest absolute Gasteiger partial charge is 0.465 e. The van der Waals surface area contributed by atoms with E-state index in [9.17, 15) is 19.2 Å². The number of nitrogens with zero attached hydrogens (tertiary/aromatic N) is 1. The molecule has 0 fully saturated rings. The van der Waals surface area contributed by atoms with Gasteiger partial charge in [0.15, 0.2) is 0 Å². The minimum atomic E-state index is -0.568. The molecule has 0 aliphatic carbocycles. The third-order valence-corrected chi connectivity index (χ3v) is 2.66. The van der Waals surface area contributed by atoms with Crippen LogP contribution in [0.1, 0.15) is 34.7 Å². The summed E-state index contributed by atoms with van der Waals surface area (Å²) in [6, 6.07) is 2.71. The molecule has 0 saturated carbocycles. The molecule has 0 spiro atoms. The molecular formula is C15H19N3O6. The van der Waals surface area contributed by atoms with Crippen LogP contribution >= 0.6 is 0 Å². The Hall–Kier alpha value is -2.97. The van der Waals surface area contributed by atoms with Gasteiger partial charge in [0.25, 0.3) is 11.8 Å². The number of pyridine rings is 1. The molecule has 0 bridgehead atoms. The molecule has 1 heterocycles. The molecule has 0 aromatic carbocycles. The van der Waals surface area contributed by atoms with E-state index in [-0.39, 0.29) is 37.6 Å². The van der Waals surface area contributed by atoms with E-state index in [2.05, 4.69) is 25.1 Å². The van der Waals surface area contributed by atoms with Gasteiger partial charge in [0, 0.05) is 6.20 Å². The lowest BCUT2D eigenvalue weighted by Crippen LogP contribution is -2.32. The van der Waals surface area contributed by atoms with Crippen molar-refractivity contribution in [3.05, 3.63) is 29.6 Å². The van der Waals surface area contributed by atoms with Gasteiger partial charge in [-0.1, -0.05) is 0 Å². The lowest BCUT2D eigenvalue weighted by Gasteiger charge is -2.06. The minimum absolute atomic E-state index is 0.0428. The Morgan fingerprint density at radius 1 is 0.917 bits per heavy atom. The number of ether oxygens (including phenoxy) is 2. The third-order valence-electron chi connectivity index (χ3n) is 2.66. The molecule has 0 radical (unpaired) electrons. The average Bonchev–Trinajstić information content (AvgIpc) is 2.58. The van der Waals surface area contributed by atoms with E-state index in [0.717, 1.165) is 0 Å². The Bertz CT molecular complexity index is 547. The monoisotopic (exact) mass is 337 g/mol. The number of aromatic nitrogens is 1. The van der Waals surface area contributed by atoms with Crippen LogP contribution in [0.4, 0.5) is 0 Å². The summed E-state index contributed by atoms with van der Waals surface area (Å²) in [6.07, 6.45) is 1.19. The fourth-order valence-electron chi connectivity index (χ4n) is 1.58. The highest BCUT2D eigenvalue weighted by Crippen LogP contribution is 2.00. The number of rotatable bonds is 8. The van der Waals surface area contributed by atoms with E-state index < -0.39 is 23.8 Å². The zero-order valence-electron chi connectivity index (χ0n) is 13.5. The second-order valence-electron chi connectivity index (χ2n) is 4.41. The number of nitrogens with one attached hydrogen (secondary N) is 2. The normalized spacial score (nSPS) is 9.75. The van der Waals surface area contributed by atoms with Crippen molar-refractivity contribution < 1.29 is 28.7 Å². The quantitative estimate of drug-likeness (QED) is 0.622. The van der Waals surface area contributed by atoms with Gasteiger partial charge in [0.05, 0.1) is 18.8 Å². The molecule has 0 aliphatic heterocycles. The first-order valence-corrected chi connectivity index (χ1v) is 7.31.